The SMILES string of the molecule is CC(C)N[C@H]1C[C@H](OCCOCC(C)(C)C)C1. The van der Waals surface area contributed by atoms with Crippen molar-refractivity contribution in [3.63, 3.8) is 0 Å². The van der Waals surface area contributed by atoms with Crippen LogP contribution in [0, 0.1) is 5.41 Å². The van der Waals surface area contributed by atoms with Crippen LogP contribution in [0.5, 0.6) is 0 Å². The van der Waals surface area contributed by atoms with Gasteiger partial charge in [-0.05, 0) is 18.3 Å². The number of hydrogen-bond acceptors (Lipinski definition) is 3. The maximum Gasteiger partial charge on any atom is 0.0704 e. The van der Waals surface area contributed by atoms with Crippen LogP contribution >= 0.6 is 0 Å². The first kappa shape index (κ1) is 14.9. The molecule has 3 nitrogen and oxygen atoms in total. The standard InChI is InChI=1S/C14H29NO2/c1-11(2)15-12-8-13(9-12)17-7-6-16-10-14(3,4)5/h11-13,15H,6-10H2,1-5H3/t12-,13-. The van der Waals surface area contributed by atoms with Crippen LogP contribution < -0.4 is 5.32 Å². The monoisotopic (exact) mass is 243 g/mol. The zero-order valence-corrected chi connectivity index (χ0v) is 12.1. The van der Waals surface area contributed by atoms with Crippen LogP contribution in [0.4, 0.5) is 0 Å². The third-order valence-electron chi connectivity index (χ3n) is 2.78. The molecule has 0 unspecified atom stereocenters. The highest BCUT2D eigenvalue weighted by Crippen LogP contribution is 2.23. The molecule has 0 spiro atoms. The van der Waals surface area contributed by atoms with Gasteiger partial charge in [-0.1, -0.05) is 34.6 Å². The predicted octanol–water partition coefficient (Wildman–Crippen LogP) is 2.59. The van der Waals surface area contributed by atoms with Gasteiger partial charge in [0.25, 0.3) is 0 Å². The first-order chi connectivity index (χ1) is 7.87. The largest absolute Gasteiger partial charge is 0.379 e. The molecule has 0 atom stereocenters. The highest BCUT2D eigenvalue weighted by atomic mass is 16.5. The Morgan fingerprint density at radius 1 is 1.18 bits per heavy atom. The Hall–Kier alpha value is -0.120. The van der Waals surface area contributed by atoms with Gasteiger partial charge >= 0.3 is 0 Å². The topological polar surface area (TPSA) is 30.5 Å². The quantitative estimate of drug-likeness (QED) is 0.697. The van der Waals surface area contributed by atoms with Crippen molar-refractivity contribution in [3.8, 4) is 0 Å². The molecule has 3 heteroatoms. The van der Waals surface area contributed by atoms with E-state index in [0.717, 1.165) is 32.7 Å². The second-order valence-corrected chi connectivity index (χ2v) is 6.60. The summed E-state index contributed by atoms with van der Waals surface area (Å²) in [7, 11) is 0. The van der Waals surface area contributed by atoms with Gasteiger partial charge in [0.2, 0.25) is 0 Å². The molecule has 0 radical (unpaired) electrons. The molecular formula is C14H29NO2. The molecule has 0 aromatic rings. The van der Waals surface area contributed by atoms with Gasteiger partial charge in [0.1, 0.15) is 0 Å². The lowest BCUT2D eigenvalue weighted by atomic mass is 9.89. The molecule has 0 amide bonds. The summed E-state index contributed by atoms with van der Waals surface area (Å²) in [6.07, 6.45) is 2.75. The highest BCUT2D eigenvalue weighted by Gasteiger charge is 2.29. The van der Waals surface area contributed by atoms with E-state index in [1.54, 1.807) is 0 Å². The van der Waals surface area contributed by atoms with Crippen LogP contribution in [-0.2, 0) is 9.47 Å². The summed E-state index contributed by atoms with van der Waals surface area (Å²) >= 11 is 0. The Bertz CT molecular complexity index is 205. The number of nitrogens with one attached hydrogen (secondary N) is 1. The molecule has 0 saturated heterocycles. The minimum Gasteiger partial charge on any atom is -0.379 e. The Morgan fingerprint density at radius 3 is 2.35 bits per heavy atom. The third-order valence-corrected chi connectivity index (χ3v) is 2.78. The Labute approximate surface area is 106 Å². The summed E-state index contributed by atoms with van der Waals surface area (Å²) in [6.45, 7) is 13.2. The van der Waals surface area contributed by atoms with Crippen molar-refractivity contribution in [1.82, 2.24) is 5.32 Å². The predicted molar refractivity (Wildman–Crippen MR) is 71.3 cm³/mol. The van der Waals surface area contributed by atoms with Crippen molar-refractivity contribution in [2.45, 2.75) is 65.6 Å². The van der Waals surface area contributed by atoms with Crippen molar-refractivity contribution >= 4 is 0 Å². The summed E-state index contributed by atoms with van der Waals surface area (Å²) in [5, 5.41) is 3.52. The smallest absolute Gasteiger partial charge is 0.0704 e. The van der Waals surface area contributed by atoms with E-state index < -0.39 is 0 Å². The molecule has 0 aliphatic heterocycles. The highest BCUT2D eigenvalue weighted by molar-refractivity contribution is 4.86. The Kier molecular flexibility index (Phi) is 5.90. The Balaban J connectivity index is 1.89. The van der Waals surface area contributed by atoms with E-state index in [1.165, 1.54) is 0 Å². The molecule has 17 heavy (non-hydrogen) atoms. The molecule has 1 aliphatic carbocycles. The summed E-state index contributed by atoms with van der Waals surface area (Å²) in [5.74, 6) is 0. The van der Waals surface area contributed by atoms with Gasteiger partial charge in [-0.25, -0.2) is 0 Å². The average molecular weight is 243 g/mol. The van der Waals surface area contributed by atoms with E-state index in [0.29, 0.717) is 18.2 Å². The average Bonchev–Trinajstić information content (AvgIpc) is 2.10. The third kappa shape index (κ3) is 7.02. The fraction of sp³-hybridized carbons (Fsp3) is 1.00. The first-order valence-corrected chi connectivity index (χ1v) is 6.82. The van der Waals surface area contributed by atoms with Gasteiger partial charge in [0.05, 0.1) is 25.9 Å². The number of ether oxygens (including phenoxy) is 2. The van der Waals surface area contributed by atoms with Crippen LogP contribution in [0.25, 0.3) is 0 Å². The molecular weight excluding hydrogens is 214 g/mol. The second kappa shape index (κ2) is 6.72. The molecule has 1 N–H and O–H groups in total. The van der Waals surface area contributed by atoms with Gasteiger partial charge < -0.3 is 14.8 Å². The lowest BCUT2D eigenvalue weighted by Gasteiger charge is -2.37. The van der Waals surface area contributed by atoms with E-state index in [9.17, 15) is 0 Å². The molecule has 0 bridgehead atoms. The normalized spacial score (nSPS) is 25.1. The van der Waals surface area contributed by atoms with E-state index >= 15 is 0 Å². The molecule has 0 aromatic heterocycles. The summed E-state index contributed by atoms with van der Waals surface area (Å²) < 4.78 is 11.3. The maximum absolute atomic E-state index is 5.74. The van der Waals surface area contributed by atoms with Crippen molar-refractivity contribution in [2.24, 2.45) is 5.41 Å². The van der Waals surface area contributed by atoms with Gasteiger partial charge in [-0.3, -0.25) is 0 Å². The van der Waals surface area contributed by atoms with Crippen molar-refractivity contribution in [3.05, 3.63) is 0 Å². The zero-order valence-electron chi connectivity index (χ0n) is 12.1. The Morgan fingerprint density at radius 2 is 1.82 bits per heavy atom. The van der Waals surface area contributed by atoms with Crippen molar-refractivity contribution in [2.75, 3.05) is 19.8 Å². The van der Waals surface area contributed by atoms with E-state index in [-0.39, 0.29) is 5.41 Å². The van der Waals surface area contributed by atoms with Gasteiger partial charge in [-0.2, -0.15) is 0 Å². The fourth-order valence-corrected chi connectivity index (χ4v) is 1.96. The summed E-state index contributed by atoms with van der Waals surface area (Å²) in [6, 6.07) is 1.24. The second-order valence-electron chi connectivity index (χ2n) is 6.60. The molecule has 1 saturated carbocycles. The van der Waals surface area contributed by atoms with E-state index in [4.69, 9.17) is 9.47 Å². The van der Waals surface area contributed by atoms with Crippen LogP contribution in [0.2, 0.25) is 0 Å². The summed E-state index contributed by atoms with van der Waals surface area (Å²) in [5.41, 5.74) is 0.253. The minimum atomic E-state index is 0.253. The van der Waals surface area contributed by atoms with Crippen LogP contribution in [0.15, 0.2) is 0 Å². The maximum atomic E-state index is 5.74. The van der Waals surface area contributed by atoms with Gasteiger partial charge in [0, 0.05) is 12.1 Å². The summed E-state index contributed by atoms with van der Waals surface area (Å²) in [4.78, 5) is 0. The van der Waals surface area contributed by atoms with Gasteiger partial charge in [-0.15, -0.1) is 0 Å². The van der Waals surface area contributed by atoms with Crippen LogP contribution in [-0.4, -0.2) is 38.0 Å². The molecule has 1 aliphatic rings. The molecule has 102 valence electrons. The zero-order chi connectivity index (χ0) is 12.9. The van der Waals surface area contributed by atoms with E-state index in [2.05, 4.69) is 39.9 Å². The van der Waals surface area contributed by atoms with Crippen LogP contribution in [0.1, 0.15) is 47.5 Å². The van der Waals surface area contributed by atoms with Crippen molar-refractivity contribution in [1.29, 1.82) is 0 Å². The molecule has 1 fully saturated rings. The molecule has 0 aromatic carbocycles. The van der Waals surface area contributed by atoms with Gasteiger partial charge in [0.15, 0.2) is 0 Å². The first-order valence-electron chi connectivity index (χ1n) is 6.82. The fourth-order valence-electron chi connectivity index (χ4n) is 1.96. The number of rotatable bonds is 7. The lowest BCUT2D eigenvalue weighted by molar-refractivity contribution is -0.0501. The van der Waals surface area contributed by atoms with E-state index in [1.807, 2.05) is 0 Å². The molecule has 1 rings (SSSR count). The van der Waals surface area contributed by atoms with Crippen LogP contribution in [0.3, 0.4) is 0 Å². The minimum absolute atomic E-state index is 0.253. The van der Waals surface area contributed by atoms with Crippen molar-refractivity contribution < 1.29 is 9.47 Å². The number of hydrogen-bond donors (Lipinski definition) is 1. The molecule has 0 heterocycles. The lowest BCUT2D eigenvalue weighted by Crippen LogP contribution is -2.48.